The van der Waals surface area contributed by atoms with Gasteiger partial charge in [-0.2, -0.15) is 0 Å². The number of carbonyl (C=O) groups is 1. The van der Waals surface area contributed by atoms with Crippen molar-refractivity contribution >= 4 is 22.0 Å². The van der Waals surface area contributed by atoms with Crippen LogP contribution in [0.25, 0.3) is 0 Å². The van der Waals surface area contributed by atoms with Crippen LogP contribution in [0.5, 0.6) is 0 Å². The summed E-state index contributed by atoms with van der Waals surface area (Å²) in [5.74, 6) is 0. The molecule has 0 aliphatic rings. The molecule has 118 valence electrons. The highest BCUT2D eigenvalue weighted by molar-refractivity contribution is 9.10. The van der Waals surface area contributed by atoms with E-state index < -0.39 is 5.60 Å². The molecule has 0 aliphatic carbocycles. The van der Waals surface area contributed by atoms with Crippen molar-refractivity contribution < 1.29 is 9.53 Å². The van der Waals surface area contributed by atoms with Crippen LogP contribution in [0, 0.1) is 0 Å². The van der Waals surface area contributed by atoms with Crippen LogP contribution < -0.4 is 5.32 Å². The highest BCUT2D eigenvalue weighted by Crippen LogP contribution is 2.11. The first-order chi connectivity index (χ1) is 9.76. The second kappa shape index (κ2) is 8.39. The van der Waals surface area contributed by atoms with Gasteiger partial charge in [0.25, 0.3) is 0 Å². The fraction of sp³-hybridized carbons (Fsp3) is 0.562. The highest BCUT2D eigenvalue weighted by Gasteiger charge is 2.15. The number of nitrogens with zero attached hydrogens (tertiary/aromatic N) is 1. The Kier molecular flexibility index (Phi) is 7.18. The summed E-state index contributed by atoms with van der Waals surface area (Å²) in [6.45, 7) is 8.03. The number of carbonyl (C=O) groups excluding carboxylic acids is 1. The van der Waals surface area contributed by atoms with E-state index in [4.69, 9.17) is 4.74 Å². The van der Waals surface area contributed by atoms with Crippen LogP contribution >= 0.6 is 15.9 Å². The molecule has 0 bridgehead atoms. The lowest BCUT2D eigenvalue weighted by Crippen LogP contribution is -2.34. The fourth-order valence-corrected chi connectivity index (χ4v) is 2.10. The summed E-state index contributed by atoms with van der Waals surface area (Å²) in [7, 11) is 2.08. The predicted octanol–water partition coefficient (Wildman–Crippen LogP) is 3.80. The van der Waals surface area contributed by atoms with Crippen molar-refractivity contribution in [2.75, 3.05) is 20.1 Å². The van der Waals surface area contributed by atoms with E-state index in [1.54, 1.807) is 0 Å². The molecular formula is C16H25BrN2O2. The summed E-state index contributed by atoms with van der Waals surface area (Å²) < 4.78 is 6.28. The topological polar surface area (TPSA) is 41.6 Å². The van der Waals surface area contributed by atoms with Gasteiger partial charge in [-0.15, -0.1) is 0 Å². The average molecular weight is 357 g/mol. The van der Waals surface area contributed by atoms with Crippen LogP contribution in [-0.4, -0.2) is 36.7 Å². The molecule has 1 aromatic rings. The van der Waals surface area contributed by atoms with Gasteiger partial charge in [0.2, 0.25) is 0 Å². The normalized spacial score (nSPS) is 11.5. The minimum atomic E-state index is -0.442. The zero-order valence-electron chi connectivity index (χ0n) is 13.3. The second-order valence-corrected chi connectivity index (χ2v) is 7.06. The lowest BCUT2D eigenvalue weighted by molar-refractivity contribution is 0.0526. The third-order valence-electron chi connectivity index (χ3n) is 2.75. The third kappa shape index (κ3) is 8.73. The Balaban J connectivity index is 2.17. The molecule has 1 amide bonds. The molecule has 1 rings (SSSR count). The summed E-state index contributed by atoms with van der Waals surface area (Å²) in [6.07, 6.45) is 0.546. The molecule has 1 N–H and O–H groups in total. The monoisotopic (exact) mass is 356 g/mol. The lowest BCUT2D eigenvalue weighted by Gasteiger charge is -2.20. The first-order valence-corrected chi connectivity index (χ1v) is 7.95. The Morgan fingerprint density at radius 1 is 1.29 bits per heavy atom. The quantitative estimate of drug-likeness (QED) is 0.788. The molecular weight excluding hydrogens is 332 g/mol. The summed E-state index contributed by atoms with van der Waals surface area (Å²) >= 11 is 3.43. The molecule has 1 aromatic carbocycles. The van der Waals surface area contributed by atoms with Crippen molar-refractivity contribution in [2.24, 2.45) is 0 Å². The third-order valence-corrected chi connectivity index (χ3v) is 3.28. The number of hydrogen-bond acceptors (Lipinski definition) is 3. The zero-order chi connectivity index (χ0) is 15.9. The van der Waals surface area contributed by atoms with Gasteiger partial charge in [0.1, 0.15) is 5.60 Å². The molecule has 5 heteroatoms. The number of ether oxygens (including phenoxy) is 1. The summed E-state index contributed by atoms with van der Waals surface area (Å²) in [4.78, 5) is 13.7. The van der Waals surface area contributed by atoms with Crippen LogP contribution in [0.2, 0.25) is 0 Å². The number of rotatable bonds is 6. The Morgan fingerprint density at radius 2 is 1.90 bits per heavy atom. The molecule has 0 unspecified atom stereocenters. The molecule has 0 aliphatic heterocycles. The number of halogens is 1. The molecule has 4 nitrogen and oxygen atoms in total. The molecule has 0 atom stereocenters. The molecule has 0 radical (unpaired) electrons. The summed E-state index contributed by atoms with van der Waals surface area (Å²) in [5.41, 5.74) is 0.837. The molecule has 0 fully saturated rings. The largest absolute Gasteiger partial charge is 0.444 e. The molecule has 21 heavy (non-hydrogen) atoms. The maximum Gasteiger partial charge on any atom is 0.407 e. The average Bonchev–Trinajstić information content (AvgIpc) is 2.35. The van der Waals surface area contributed by atoms with E-state index in [0.717, 1.165) is 24.0 Å². The Hall–Kier alpha value is -1.07. The van der Waals surface area contributed by atoms with Gasteiger partial charge in [0.05, 0.1) is 0 Å². The van der Waals surface area contributed by atoms with Gasteiger partial charge in [-0.1, -0.05) is 28.1 Å². The van der Waals surface area contributed by atoms with Crippen molar-refractivity contribution in [3.63, 3.8) is 0 Å². The van der Waals surface area contributed by atoms with E-state index >= 15 is 0 Å². The van der Waals surface area contributed by atoms with Crippen molar-refractivity contribution in [1.29, 1.82) is 0 Å². The summed E-state index contributed by atoms with van der Waals surface area (Å²) in [5, 5.41) is 2.77. The molecule has 0 saturated heterocycles. The Labute approximate surface area is 136 Å². The molecule has 0 saturated carbocycles. The number of amides is 1. The Morgan fingerprint density at radius 3 is 2.48 bits per heavy atom. The van der Waals surface area contributed by atoms with Crippen molar-refractivity contribution in [1.82, 2.24) is 10.2 Å². The number of nitrogens with one attached hydrogen (secondary N) is 1. The van der Waals surface area contributed by atoms with Crippen LogP contribution in [0.3, 0.4) is 0 Å². The SMILES string of the molecule is CN(CCCNC(=O)OC(C)(C)C)Cc1ccc(Br)cc1. The van der Waals surface area contributed by atoms with E-state index in [0.29, 0.717) is 6.54 Å². The first-order valence-electron chi connectivity index (χ1n) is 7.16. The zero-order valence-corrected chi connectivity index (χ0v) is 14.9. The first kappa shape index (κ1) is 18.0. The van der Waals surface area contributed by atoms with Crippen LogP contribution in [0.15, 0.2) is 28.7 Å². The van der Waals surface area contributed by atoms with Gasteiger partial charge in [-0.05, 0) is 58.5 Å². The van der Waals surface area contributed by atoms with Gasteiger partial charge in [-0.25, -0.2) is 4.79 Å². The maximum atomic E-state index is 11.5. The van der Waals surface area contributed by atoms with Gasteiger partial charge in [-0.3, -0.25) is 0 Å². The van der Waals surface area contributed by atoms with Crippen molar-refractivity contribution in [2.45, 2.75) is 39.3 Å². The predicted molar refractivity (Wildman–Crippen MR) is 89.3 cm³/mol. The van der Waals surface area contributed by atoms with E-state index in [2.05, 4.69) is 45.3 Å². The smallest absolute Gasteiger partial charge is 0.407 e. The molecule has 0 aromatic heterocycles. The second-order valence-electron chi connectivity index (χ2n) is 6.15. The Bertz CT molecular complexity index is 441. The van der Waals surface area contributed by atoms with Gasteiger partial charge in [0.15, 0.2) is 0 Å². The summed E-state index contributed by atoms with van der Waals surface area (Å²) in [6, 6.07) is 8.32. The van der Waals surface area contributed by atoms with Crippen LogP contribution in [0.1, 0.15) is 32.8 Å². The van der Waals surface area contributed by atoms with E-state index in [9.17, 15) is 4.79 Å². The number of alkyl carbamates (subject to hydrolysis) is 1. The van der Waals surface area contributed by atoms with Gasteiger partial charge < -0.3 is 15.0 Å². The van der Waals surface area contributed by atoms with Gasteiger partial charge in [0, 0.05) is 17.6 Å². The van der Waals surface area contributed by atoms with Crippen LogP contribution in [0.4, 0.5) is 4.79 Å². The van der Waals surface area contributed by atoms with E-state index in [1.165, 1.54) is 5.56 Å². The molecule has 0 spiro atoms. The fourth-order valence-electron chi connectivity index (χ4n) is 1.83. The number of benzene rings is 1. The minimum Gasteiger partial charge on any atom is -0.444 e. The van der Waals surface area contributed by atoms with E-state index in [-0.39, 0.29) is 6.09 Å². The minimum absolute atomic E-state index is 0.349. The maximum absolute atomic E-state index is 11.5. The van der Waals surface area contributed by atoms with Gasteiger partial charge >= 0.3 is 6.09 Å². The van der Waals surface area contributed by atoms with Crippen molar-refractivity contribution in [3.8, 4) is 0 Å². The standard InChI is InChI=1S/C16H25BrN2O2/c1-16(2,3)21-15(20)18-10-5-11-19(4)12-13-6-8-14(17)9-7-13/h6-9H,5,10-12H2,1-4H3,(H,18,20). The highest BCUT2D eigenvalue weighted by atomic mass is 79.9. The number of hydrogen-bond donors (Lipinski definition) is 1. The lowest BCUT2D eigenvalue weighted by atomic mass is 10.2. The van der Waals surface area contributed by atoms with Crippen LogP contribution in [-0.2, 0) is 11.3 Å². The van der Waals surface area contributed by atoms with Crippen molar-refractivity contribution in [3.05, 3.63) is 34.3 Å². The van der Waals surface area contributed by atoms with E-state index in [1.807, 2.05) is 32.9 Å². The molecule has 0 heterocycles.